The molecule has 0 saturated carbocycles. The van der Waals surface area contributed by atoms with E-state index in [1.807, 2.05) is 0 Å². The van der Waals surface area contributed by atoms with Crippen molar-refractivity contribution in [3.05, 3.63) is 24.2 Å². The van der Waals surface area contributed by atoms with Gasteiger partial charge in [0.2, 0.25) is 5.91 Å². The lowest BCUT2D eigenvalue weighted by Crippen LogP contribution is -2.46. The lowest BCUT2D eigenvalue weighted by atomic mass is 10.2. The number of carbonyl (C=O) groups excluding carboxylic acids is 2. The fourth-order valence-corrected chi connectivity index (χ4v) is 1.91. The standard InChI is InChI=1S/C13H18N2O4/c1-9(15-13(17)11-5-3-7-19-11)12(16)14-8-10-4-2-6-18-10/h3,5,7,9-10H,2,4,6,8H2,1H3,(H,14,16)(H,15,17). The summed E-state index contributed by atoms with van der Waals surface area (Å²) < 4.78 is 10.4. The van der Waals surface area contributed by atoms with Gasteiger partial charge in [0.25, 0.3) is 5.91 Å². The summed E-state index contributed by atoms with van der Waals surface area (Å²) in [4.78, 5) is 23.5. The Labute approximate surface area is 111 Å². The Morgan fingerprint density at radius 1 is 1.53 bits per heavy atom. The molecule has 1 aliphatic heterocycles. The average molecular weight is 266 g/mol. The molecule has 1 aromatic rings. The van der Waals surface area contributed by atoms with Crippen molar-refractivity contribution in [2.24, 2.45) is 0 Å². The van der Waals surface area contributed by atoms with Crippen LogP contribution in [0, 0.1) is 0 Å². The van der Waals surface area contributed by atoms with Crippen LogP contribution in [0.4, 0.5) is 0 Å². The molecule has 2 unspecified atom stereocenters. The van der Waals surface area contributed by atoms with E-state index >= 15 is 0 Å². The summed E-state index contributed by atoms with van der Waals surface area (Å²) >= 11 is 0. The van der Waals surface area contributed by atoms with E-state index in [0.717, 1.165) is 19.4 Å². The minimum Gasteiger partial charge on any atom is -0.459 e. The Balaban J connectivity index is 1.74. The Kier molecular flexibility index (Phi) is 4.57. The Bertz CT molecular complexity index is 424. The molecule has 1 aromatic heterocycles. The second-order valence-corrected chi connectivity index (χ2v) is 4.55. The predicted molar refractivity (Wildman–Crippen MR) is 67.6 cm³/mol. The van der Waals surface area contributed by atoms with Crippen molar-refractivity contribution in [2.45, 2.75) is 31.9 Å². The van der Waals surface area contributed by atoms with Crippen LogP contribution in [-0.2, 0) is 9.53 Å². The quantitative estimate of drug-likeness (QED) is 0.821. The van der Waals surface area contributed by atoms with Crippen LogP contribution in [0.15, 0.2) is 22.8 Å². The maximum Gasteiger partial charge on any atom is 0.287 e. The van der Waals surface area contributed by atoms with E-state index in [0.29, 0.717) is 6.54 Å². The van der Waals surface area contributed by atoms with Crippen LogP contribution in [0.1, 0.15) is 30.3 Å². The second-order valence-electron chi connectivity index (χ2n) is 4.55. The van der Waals surface area contributed by atoms with Crippen molar-refractivity contribution in [3.63, 3.8) is 0 Å². The fourth-order valence-electron chi connectivity index (χ4n) is 1.91. The molecule has 19 heavy (non-hydrogen) atoms. The maximum atomic E-state index is 11.8. The van der Waals surface area contributed by atoms with Gasteiger partial charge in [-0.15, -0.1) is 0 Å². The first-order valence-corrected chi connectivity index (χ1v) is 6.40. The first-order chi connectivity index (χ1) is 9.16. The van der Waals surface area contributed by atoms with Crippen LogP contribution in [0.3, 0.4) is 0 Å². The van der Waals surface area contributed by atoms with Crippen molar-refractivity contribution in [3.8, 4) is 0 Å². The molecule has 2 amide bonds. The molecule has 2 N–H and O–H groups in total. The van der Waals surface area contributed by atoms with E-state index < -0.39 is 11.9 Å². The minimum absolute atomic E-state index is 0.0944. The fraction of sp³-hybridized carbons (Fsp3) is 0.538. The third-order valence-electron chi connectivity index (χ3n) is 3.01. The molecule has 104 valence electrons. The summed E-state index contributed by atoms with van der Waals surface area (Å²) in [5.74, 6) is -0.432. The monoisotopic (exact) mass is 266 g/mol. The van der Waals surface area contributed by atoms with E-state index in [1.54, 1.807) is 19.1 Å². The first-order valence-electron chi connectivity index (χ1n) is 6.40. The summed E-state index contributed by atoms with van der Waals surface area (Å²) in [5.41, 5.74) is 0. The normalized spacial score (nSPS) is 19.9. The van der Waals surface area contributed by atoms with Crippen LogP contribution in [0.25, 0.3) is 0 Å². The molecule has 0 aliphatic carbocycles. The average Bonchev–Trinajstić information content (AvgIpc) is 3.08. The van der Waals surface area contributed by atoms with Gasteiger partial charge in [-0.25, -0.2) is 0 Å². The predicted octanol–water partition coefficient (Wildman–Crippen LogP) is 0.693. The van der Waals surface area contributed by atoms with Gasteiger partial charge in [-0.05, 0) is 31.9 Å². The second kappa shape index (κ2) is 6.38. The molecule has 2 atom stereocenters. The Hall–Kier alpha value is -1.82. The largest absolute Gasteiger partial charge is 0.459 e. The lowest BCUT2D eigenvalue weighted by Gasteiger charge is -2.15. The molecular weight excluding hydrogens is 248 g/mol. The number of hydrogen-bond acceptors (Lipinski definition) is 4. The third-order valence-corrected chi connectivity index (χ3v) is 3.01. The number of carbonyl (C=O) groups is 2. The summed E-state index contributed by atoms with van der Waals surface area (Å²) in [5, 5.41) is 5.34. The highest BCUT2D eigenvalue weighted by Crippen LogP contribution is 2.10. The molecule has 0 aromatic carbocycles. The smallest absolute Gasteiger partial charge is 0.287 e. The molecule has 2 heterocycles. The Morgan fingerprint density at radius 2 is 2.37 bits per heavy atom. The molecular formula is C13H18N2O4. The van der Waals surface area contributed by atoms with Crippen molar-refractivity contribution in [1.29, 1.82) is 0 Å². The molecule has 0 radical (unpaired) electrons. The van der Waals surface area contributed by atoms with Gasteiger partial charge in [-0.3, -0.25) is 9.59 Å². The van der Waals surface area contributed by atoms with E-state index in [9.17, 15) is 9.59 Å². The molecule has 1 aliphatic rings. The number of ether oxygens (including phenoxy) is 1. The number of furan rings is 1. The summed E-state index contributed by atoms with van der Waals surface area (Å²) in [6.45, 7) is 2.87. The molecule has 0 spiro atoms. The van der Waals surface area contributed by atoms with Crippen LogP contribution in [-0.4, -0.2) is 37.1 Å². The molecule has 1 saturated heterocycles. The van der Waals surface area contributed by atoms with Gasteiger partial charge in [0.1, 0.15) is 6.04 Å². The molecule has 6 heteroatoms. The van der Waals surface area contributed by atoms with E-state index in [1.165, 1.54) is 6.26 Å². The SMILES string of the molecule is CC(NC(=O)c1ccco1)C(=O)NCC1CCCO1. The number of hydrogen-bond donors (Lipinski definition) is 2. The highest BCUT2D eigenvalue weighted by atomic mass is 16.5. The van der Waals surface area contributed by atoms with E-state index in [4.69, 9.17) is 9.15 Å². The summed E-state index contributed by atoms with van der Waals surface area (Å²) in [6.07, 6.45) is 3.51. The zero-order chi connectivity index (χ0) is 13.7. The van der Waals surface area contributed by atoms with Gasteiger partial charge < -0.3 is 19.8 Å². The van der Waals surface area contributed by atoms with Crippen LogP contribution < -0.4 is 10.6 Å². The van der Waals surface area contributed by atoms with Gasteiger partial charge in [0.05, 0.1) is 12.4 Å². The van der Waals surface area contributed by atoms with Crippen LogP contribution in [0.5, 0.6) is 0 Å². The van der Waals surface area contributed by atoms with Crippen molar-refractivity contribution in [2.75, 3.05) is 13.2 Å². The topological polar surface area (TPSA) is 80.6 Å². The summed E-state index contributed by atoms with van der Waals surface area (Å²) in [7, 11) is 0. The molecule has 1 fully saturated rings. The first kappa shape index (κ1) is 13.6. The highest BCUT2D eigenvalue weighted by Gasteiger charge is 2.20. The van der Waals surface area contributed by atoms with Gasteiger partial charge in [-0.2, -0.15) is 0 Å². The van der Waals surface area contributed by atoms with Gasteiger partial charge in [0, 0.05) is 13.2 Å². The number of nitrogens with one attached hydrogen (secondary N) is 2. The number of amides is 2. The van der Waals surface area contributed by atoms with Gasteiger partial charge in [-0.1, -0.05) is 0 Å². The van der Waals surface area contributed by atoms with Crippen LogP contribution >= 0.6 is 0 Å². The number of rotatable bonds is 5. The summed E-state index contributed by atoms with van der Waals surface area (Å²) in [6, 6.07) is 2.56. The van der Waals surface area contributed by atoms with Crippen molar-refractivity contribution in [1.82, 2.24) is 10.6 Å². The molecule has 6 nitrogen and oxygen atoms in total. The van der Waals surface area contributed by atoms with E-state index in [2.05, 4.69) is 10.6 Å². The van der Waals surface area contributed by atoms with Gasteiger partial charge in [0.15, 0.2) is 5.76 Å². The zero-order valence-electron chi connectivity index (χ0n) is 10.8. The third kappa shape index (κ3) is 3.82. The maximum absolute atomic E-state index is 11.8. The van der Waals surface area contributed by atoms with Crippen molar-refractivity contribution < 1.29 is 18.7 Å². The molecule has 0 bridgehead atoms. The van der Waals surface area contributed by atoms with E-state index in [-0.39, 0.29) is 17.8 Å². The Morgan fingerprint density at radius 3 is 3.00 bits per heavy atom. The highest BCUT2D eigenvalue weighted by molar-refractivity contribution is 5.95. The van der Waals surface area contributed by atoms with Crippen molar-refractivity contribution >= 4 is 11.8 Å². The zero-order valence-corrected chi connectivity index (χ0v) is 10.8. The molecule has 2 rings (SSSR count). The van der Waals surface area contributed by atoms with Crippen LogP contribution in [0.2, 0.25) is 0 Å². The minimum atomic E-state index is -0.612. The lowest BCUT2D eigenvalue weighted by molar-refractivity contribution is -0.123. The van der Waals surface area contributed by atoms with Gasteiger partial charge >= 0.3 is 0 Å².